The Bertz CT molecular complexity index is 2830. The SMILES string of the molecule is c1ccc(-c2cccc(-c3ccc4c(c3)C3(c5ccccc5-c5ccccc53)c3c-4ccc4cc(-c5cccc(-c6ccccc6)c5)ccc34)c2)cc1. The summed E-state index contributed by atoms with van der Waals surface area (Å²) in [6, 6.07) is 76.5. The molecule has 2 aliphatic rings. The molecule has 53 heavy (non-hydrogen) atoms. The second kappa shape index (κ2) is 11.6. The average Bonchev–Trinajstić information content (AvgIpc) is 3.71. The van der Waals surface area contributed by atoms with Crippen LogP contribution in [0.4, 0.5) is 0 Å². The highest BCUT2D eigenvalue weighted by Gasteiger charge is 2.52. The van der Waals surface area contributed by atoms with Crippen molar-refractivity contribution in [3.63, 3.8) is 0 Å². The van der Waals surface area contributed by atoms with Crippen molar-refractivity contribution in [3.8, 4) is 66.8 Å². The summed E-state index contributed by atoms with van der Waals surface area (Å²) >= 11 is 0. The molecule has 246 valence electrons. The van der Waals surface area contributed by atoms with Crippen molar-refractivity contribution in [2.45, 2.75) is 5.41 Å². The molecule has 0 heteroatoms. The Kier molecular flexibility index (Phi) is 6.57. The van der Waals surface area contributed by atoms with Gasteiger partial charge in [-0.1, -0.05) is 182 Å². The van der Waals surface area contributed by atoms with Crippen molar-refractivity contribution in [2.75, 3.05) is 0 Å². The van der Waals surface area contributed by atoms with Crippen LogP contribution >= 0.6 is 0 Å². The van der Waals surface area contributed by atoms with Gasteiger partial charge in [0.25, 0.3) is 0 Å². The highest BCUT2D eigenvalue weighted by Crippen LogP contribution is 2.64. The van der Waals surface area contributed by atoms with Gasteiger partial charge in [-0.25, -0.2) is 0 Å². The van der Waals surface area contributed by atoms with Crippen molar-refractivity contribution in [1.29, 1.82) is 0 Å². The van der Waals surface area contributed by atoms with E-state index in [9.17, 15) is 0 Å². The van der Waals surface area contributed by atoms with Crippen LogP contribution in [-0.2, 0) is 5.41 Å². The maximum Gasteiger partial charge on any atom is 0.0731 e. The third-order valence-electron chi connectivity index (χ3n) is 11.7. The maximum absolute atomic E-state index is 2.49. The molecule has 0 saturated carbocycles. The standard InChI is InChI=1S/C53H34/c1-3-13-35(14-4-1)37-17-11-19-39(31-37)41-25-28-44-43(33-41)27-30-48-47-29-26-42(40-20-12-18-38(32-40)36-15-5-2-6-16-36)34-51(47)53(52(44)48)49-23-9-7-21-45(49)46-22-8-10-24-50(46)53/h1-34H. The number of hydrogen-bond donors (Lipinski definition) is 0. The number of rotatable bonds is 4. The lowest BCUT2D eigenvalue weighted by Crippen LogP contribution is -2.26. The first-order chi connectivity index (χ1) is 26.3. The molecular formula is C53H34. The first-order valence-corrected chi connectivity index (χ1v) is 18.5. The predicted octanol–water partition coefficient (Wildman–Crippen LogP) is 13.9. The van der Waals surface area contributed by atoms with Crippen LogP contribution < -0.4 is 0 Å². The zero-order valence-corrected chi connectivity index (χ0v) is 29.1. The van der Waals surface area contributed by atoms with Crippen LogP contribution in [0.2, 0.25) is 0 Å². The summed E-state index contributed by atoms with van der Waals surface area (Å²) in [4.78, 5) is 0. The van der Waals surface area contributed by atoms with E-state index >= 15 is 0 Å². The zero-order chi connectivity index (χ0) is 34.9. The molecule has 0 N–H and O–H groups in total. The van der Waals surface area contributed by atoms with E-state index in [0.717, 1.165) is 0 Å². The van der Waals surface area contributed by atoms with Crippen LogP contribution in [0.15, 0.2) is 206 Å². The Hall–Kier alpha value is -6.76. The third kappa shape index (κ3) is 4.43. The van der Waals surface area contributed by atoms with E-state index in [2.05, 4.69) is 206 Å². The molecule has 0 aromatic heterocycles. The topological polar surface area (TPSA) is 0 Å². The van der Waals surface area contributed by atoms with Crippen molar-refractivity contribution in [1.82, 2.24) is 0 Å². The summed E-state index contributed by atoms with van der Waals surface area (Å²) in [7, 11) is 0. The molecule has 1 spiro atoms. The van der Waals surface area contributed by atoms with Crippen LogP contribution in [0.3, 0.4) is 0 Å². The Morgan fingerprint density at radius 3 is 1.28 bits per heavy atom. The molecule has 0 unspecified atom stereocenters. The zero-order valence-electron chi connectivity index (χ0n) is 29.1. The summed E-state index contributed by atoms with van der Waals surface area (Å²) < 4.78 is 0. The highest BCUT2D eigenvalue weighted by atomic mass is 14.5. The first-order valence-electron chi connectivity index (χ1n) is 18.5. The largest absolute Gasteiger partial charge is 0.0731 e. The normalized spacial score (nSPS) is 13.1. The van der Waals surface area contributed by atoms with Crippen LogP contribution in [0.5, 0.6) is 0 Å². The number of benzene rings is 9. The Morgan fingerprint density at radius 1 is 0.245 bits per heavy atom. The summed E-state index contributed by atoms with van der Waals surface area (Å²) in [5.74, 6) is 0. The molecule has 0 fully saturated rings. The van der Waals surface area contributed by atoms with E-state index in [1.165, 1.54) is 99.8 Å². The second-order valence-corrected chi connectivity index (χ2v) is 14.4. The Balaban J connectivity index is 1.14. The summed E-state index contributed by atoms with van der Waals surface area (Å²) in [5, 5.41) is 2.57. The second-order valence-electron chi connectivity index (χ2n) is 14.4. The van der Waals surface area contributed by atoms with E-state index in [0.29, 0.717) is 0 Å². The fourth-order valence-electron chi connectivity index (χ4n) is 9.35. The Labute approximate surface area is 310 Å². The van der Waals surface area contributed by atoms with Gasteiger partial charge in [0.15, 0.2) is 0 Å². The van der Waals surface area contributed by atoms with E-state index in [-0.39, 0.29) is 0 Å². The molecule has 9 aromatic carbocycles. The van der Waals surface area contributed by atoms with Gasteiger partial charge in [-0.2, -0.15) is 0 Å². The van der Waals surface area contributed by atoms with Gasteiger partial charge in [0, 0.05) is 0 Å². The van der Waals surface area contributed by atoms with E-state index < -0.39 is 5.41 Å². The molecule has 0 radical (unpaired) electrons. The molecule has 0 amide bonds. The lowest BCUT2D eigenvalue weighted by Gasteiger charge is -2.31. The van der Waals surface area contributed by atoms with Gasteiger partial charge in [0.05, 0.1) is 5.41 Å². The minimum atomic E-state index is -0.445. The first kappa shape index (κ1) is 29.9. The average molecular weight is 671 g/mol. The molecule has 9 aromatic rings. The molecular weight excluding hydrogens is 637 g/mol. The van der Waals surface area contributed by atoms with Crippen molar-refractivity contribution in [2.24, 2.45) is 0 Å². The van der Waals surface area contributed by atoms with E-state index in [1.807, 2.05) is 0 Å². The molecule has 0 bridgehead atoms. The summed E-state index contributed by atoms with van der Waals surface area (Å²) in [6.07, 6.45) is 0. The number of fused-ring (bicyclic) bond motifs is 12. The smallest absolute Gasteiger partial charge is 0.0622 e. The van der Waals surface area contributed by atoms with E-state index in [1.54, 1.807) is 0 Å². The maximum atomic E-state index is 2.49. The molecule has 0 aliphatic heterocycles. The van der Waals surface area contributed by atoms with Crippen LogP contribution in [0.25, 0.3) is 77.5 Å². The minimum Gasteiger partial charge on any atom is -0.0622 e. The van der Waals surface area contributed by atoms with Crippen molar-refractivity contribution in [3.05, 3.63) is 229 Å². The van der Waals surface area contributed by atoms with Crippen molar-refractivity contribution < 1.29 is 0 Å². The van der Waals surface area contributed by atoms with Crippen LogP contribution in [0, 0.1) is 0 Å². The fourth-order valence-corrected chi connectivity index (χ4v) is 9.35. The monoisotopic (exact) mass is 670 g/mol. The van der Waals surface area contributed by atoms with Crippen LogP contribution in [-0.4, -0.2) is 0 Å². The van der Waals surface area contributed by atoms with Gasteiger partial charge >= 0.3 is 0 Å². The molecule has 0 atom stereocenters. The number of hydrogen-bond acceptors (Lipinski definition) is 0. The Morgan fingerprint density at radius 2 is 0.679 bits per heavy atom. The van der Waals surface area contributed by atoms with Gasteiger partial charge in [0.1, 0.15) is 0 Å². The van der Waals surface area contributed by atoms with Gasteiger partial charge in [-0.15, -0.1) is 0 Å². The molecule has 2 aliphatic carbocycles. The lowest BCUT2D eigenvalue weighted by molar-refractivity contribution is 0.801. The summed E-state index contributed by atoms with van der Waals surface area (Å²) in [6.45, 7) is 0. The van der Waals surface area contributed by atoms with Crippen LogP contribution in [0.1, 0.15) is 22.3 Å². The molecule has 11 rings (SSSR count). The molecule has 0 nitrogen and oxygen atoms in total. The quantitative estimate of drug-likeness (QED) is 0.175. The predicted molar refractivity (Wildman–Crippen MR) is 222 cm³/mol. The van der Waals surface area contributed by atoms with Crippen molar-refractivity contribution >= 4 is 10.8 Å². The van der Waals surface area contributed by atoms with Gasteiger partial charge in [0.2, 0.25) is 0 Å². The highest BCUT2D eigenvalue weighted by molar-refractivity contribution is 6.05. The van der Waals surface area contributed by atoms with E-state index in [4.69, 9.17) is 0 Å². The lowest BCUT2D eigenvalue weighted by atomic mass is 9.69. The van der Waals surface area contributed by atoms with Gasteiger partial charge < -0.3 is 0 Å². The summed E-state index contributed by atoms with van der Waals surface area (Å²) in [5.41, 5.74) is 20.2. The van der Waals surface area contributed by atoms with Gasteiger partial charge in [-0.3, -0.25) is 0 Å². The third-order valence-corrected chi connectivity index (χ3v) is 11.7. The fraction of sp³-hybridized carbons (Fsp3) is 0.0189. The molecule has 0 heterocycles. The minimum absolute atomic E-state index is 0.445. The molecule has 0 saturated heterocycles. The van der Waals surface area contributed by atoms with Gasteiger partial charge in [-0.05, 0) is 124 Å².